The topological polar surface area (TPSA) is 110 Å². The van der Waals surface area contributed by atoms with Crippen molar-refractivity contribution >= 4 is 23.3 Å². The summed E-state index contributed by atoms with van der Waals surface area (Å²) in [6.45, 7) is 3.71. The Morgan fingerprint density at radius 2 is 2.04 bits per heavy atom. The Labute approximate surface area is 162 Å². The van der Waals surface area contributed by atoms with Crippen molar-refractivity contribution in [2.45, 2.75) is 45.4 Å². The first-order chi connectivity index (χ1) is 13.4. The molecule has 1 aromatic carbocycles. The highest BCUT2D eigenvalue weighted by Crippen LogP contribution is 2.41. The minimum Gasteiger partial charge on any atom is -0.364 e. The molecule has 8 heteroatoms. The third-order valence-electron chi connectivity index (χ3n) is 4.61. The van der Waals surface area contributed by atoms with Crippen molar-refractivity contribution in [3.8, 4) is 0 Å². The molecule has 0 saturated heterocycles. The van der Waals surface area contributed by atoms with Gasteiger partial charge in [0, 0.05) is 25.1 Å². The van der Waals surface area contributed by atoms with E-state index in [1.165, 1.54) is 13.0 Å². The lowest BCUT2D eigenvalue weighted by Crippen LogP contribution is -2.22. The molecule has 0 spiro atoms. The molecule has 3 rings (SSSR count). The third-order valence-corrected chi connectivity index (χ3v) is 4.61. The molecule has 1 saturated carbocycles. The Balaban J connectivity index is 1.89. The molecule has 2 aromatic rings. The standard InChI is InChI=1S/C20H24FN5O2/c1-3-16-17(12-4-5-12)26-20(18(25-16)19(22)28)24-14-6-7-15(21)13(10-14)8-9-23-11(2)27/h6-7,10,12H,3-5,8-9H2,1-2H3,(H2,22,28)(H,23,27)(H,24,26). The van der Waals surface area contributed by atoms with E-state index in [0.717, 1.165) is 24.2 Å². The van der Waals surface area contributed by atoms with E-state index in [-0.39, 0.29) is 23.2 Å². The van der Waals surface area contributed by atoms with Gasteiger partial charge in [0.2, 0.25) is 5.91 Å². The Morgan fingerprint density at radius 1 is 1.29 bits per heavy atom. The summed E-state index contributed by atoms with van der Waals surface area (Å²) in [5.41, 5.74) is 8.27. The summed E-state index contributed by atoms with van der Waals surface area (Å²) in [4.78, 5) is 31.9. The Hall–Kier alpha value is -3.03. The normalized spacial score (nSPS) is 13.2. The van der Waals surface area contributed by atoms with Crippen molar-refractivity contribution in [3.05, 3.63) is 46.7 Å². The van der Waals surface area contributed by atoms with Gasteiger partial charge in [-0.3, -0.25) is 9.59 Å². The molecule has 0 radical (unpaired) electrons. The smallest absolute Gasteiger partial charge is 0.271 e. The van der Waals surface area contributed by atoms with Gasteiger partial charge in [-0.2, -0.15) is 0 Å². The number of nitrogens with zero attached hydrogens (tertiary/aromatic N) is 2. The molecule has 0 atom stereocenters. The van der Waals surface area contributed by atoms with Crippen LogP contribution in [-0.2, 0) is 17.6 Å². The molecule has 4 N–H and O–H groups in total. The third kappa shape index (κ3) is 4.62. The molecule has 1 heterocycles. The number of aromatic nitrogens is 2. The van der Waals surface area contributed by atoms with Gasteiger partial charge in [0.05, 0.1) is 11.4 Å². The summed E-state index contributed by atoms with van der Waals surface area (Å²) >= 11 is 0. The molecule has 1 fully saturated rings. The number of rotatable bonds is 8. The van der Waals surface area contributed by atoms with Crippen LogP contribution >= 0.6 is 0 Å². The van der Waals surface area contributed by atoms with Gasteiger partial charge in [-0.05, 0) is 49.4 Å². The SMILES string of the molecule is CCc1nc(C(N)=O)c(Nc2ccc(F)c(CCNC(C)=O)c2)nc1C1CC1. The number of carbonyl (C=O) groups excluding carboxylic acids is 2. The van der Waals surface area contributed by atoms with E-state index in [1.807, 2.05) is 6.92 Å². The van der Waals surface area contributed by atoms with Gasteiger partial charge < -0.3 is 16.4 Å². The van der Waals surface area contributed by atoms with Gasteiger partial charge in [0.15, 0.2) is 11.5 Å². The van der Waals surface area contributed by atoms with E-state index in [2.05, 4.69) is 20.6 Å². The summed E-state index contributed by atoms with van der Waals surface area (Å²) in [7, 11) is 0. The van der Waals surface area contributed by atoms with E-state index in [9.17, 15) is 14.0 Å². The second-order valence-corrected chi connectivity index (χ2v) is 6.91. The first kappa shape index (κ1) is 19.7. The van der Waals surface area contributed by atoms with Gasteiger partial charge in [-0.25, -0.2) is 14.4 Å². The zero-order chi connectivity index (χ0) is 20.3. The van der Waals surface area contributed by atoms with Crippen molar-refractivity contribution in [1.82, 2.24) is 15.3 Å². The quantitative estimate of drug-likeness (QED) is 0.647. The number of primary amides is 1. The maximum Gasteiger partial charge on any atom is 0.271 e. The maximum atomic E-state index is 14.1. The lowest BCUT2D eigenvalue weighted by atomic mass is 10.1. The fourth-order valence-corrected chi connectivity index (χ4v) is 3.04. The molecule has 1 aliphatic rings. The van der Waals surface area contributed by atoms with Crippen LogP contribution in [-0.4, -0.2) is 28.3 Å². The monoisotopic (exact) mass is 385 g/mol. The van der Waals surface area contributed by atoms with Crippen LogP contribution in [0.1, 0.15) is 60.0 Å². The molecule has 0 unspecified atom stereocenters. The van der Waals surface area contributed by atoms with Crippen LogP contribution < -0.4 is 16.4 Å². The molecular weight excluding hydrogens is 361 g/mol. The number of nitrogens with two attached hydrogens (primary N) is 1. The predicted octanol–water partition coefficient (Wildman–Crippen LogP) is 2.58. The van der Waals surface area contributed by atoms with Crippen LogP contribution in [0.3, 0.4) is 0 Å². The predicted molar refractivity (Wildman–Crippen MR) is 104 cm³/mol. The van der Waals surface area contributed by atoms with Crippen molar-refractivity contribution < 1.29 is 14.0 Å². The van der Waals surface area contributed by atoms with E-state index in [1.54, 1.807) is 12.1 Å². The number of hydrogen-bond donors (Lipinski definition) is 3. The van der Waals surface area contributed by atoms with Crippen molar-refractivity contribution in [2.75, 3.05) is 11.9 Å². The van der Waals surface area contributed by atoms with E-state index >= 15 is 0 Å². The molecule has 1 aromatic heterocycles. The van der Waals surface area contributed by atoms with Gasteiger partial charge >= 0.3 is 0 Å². The summed E-state index contributed by atoms with van der Waals surface area (Å²) < 4.78 is 14.1. The van der Waals surface area contributed by atoms with E-state index in [4.69, 9.17) is 5.73 Å². The fraction of sp³-hybridized carbons (Fsp3) is 0.400. The zero-order valence-electron chi connectivity index (χ0n) is 16.0. The lowest BCUT2D eigenvalue weighted by molar-refractivity contribution is -0.118. The summed E-state index contributed by atoms with van der Waals surface area (Å²) in [6, 6.07) is 4.54. The van der Waals surface area contributed by atoms with Gasteiger partial charge in [0.1, 0.15) is 5.82 Å². The highest BCUT2D eigenvalue weighted by atomic mass is 19.1. The number of anilines is 2. The summed E-state index contributed by atoms with van der Waals surface area (Å²) in [5, 5.41) is 5.71. The van der Waals surface area contributed by atoms with Gasteiger partial charge in [-0.1, -0.05) is 6.92 Å². The van der Waals surface area contributed by atoms with Gasteiger partial charge in [-0.15, -0.1) is 0 Å². The molecule has 1 aliphatic carbocycles. The molecule has 0 aliphatic heterocycles. The maximum absolute atomic E-state index is 14.1. The lowest BCUT2D eigenvalue weighted by Gasteiger charge is -2.14. The minimum absolute atomic E-state index is 0.0744. The Bertz CT molecular complexity index is 912. The fourth-order valence-electron chi connectivity index (χ4n) is 3.04. The van der Waals surface area contributed by atoms with Crippen molar-refractivity contribution in [1.29, 1.82) is 0 Å². The Kier molecular flexibility index (Phi) is 5.87. The minimum atomic E-state index is -0.667. The molecule has 7 nitrogen and oxygen atoms in total. The first-order valence-corrected chi connectivity index (χ1v) is 9.39. The second-order valence-electron chi connectivity index (χ2n) is 6.91. The average Bonchev–Trinajstić information content (AvgIpc) is 3.48. The van der Waals surface area contributed by atoms with Crippen LogP contribution in [0.25, 0.3) is 0 Å². The van der Waals surface area contributed by atoms with Crippen LogP contribution in [0.5, 0.6) is 0 Å². The molecule has 0 bridgehead atoms. The highest BCUT2D eigenvalue weighted by molar-refractivity contribution is 5.96. The molecule has 148 valence electrons. The number of aryl methyl sites for hydroxylation is 1. The first-order valence-electron chi connectivity index (χ1n) is 9.39. The van der Waals surface area contributed by atoms with E-state index in [0.29, 0.717) is 36.6 Å². The number of benzene rings is 1. The zero-order valence-corrected chi connectivity index (χ0v) is 16.0. The molecular formula is C20H24FN5O2. The molecule has 28 heavy (non-hydrogen) atoms. The van der Waals surface area contributed by atoms with Crippen molar-refractivity contribution in [3.63, 3.8) is 0 Å². The van der Waals surface area contributed by atoms with Crippen LogP contribution in [0, 0.1) is 5.82 Å². The number of carbonyl (C=O) groups is 2. The van der Waals surface area contributed by atoms with E-state index < -0.39 is 5.91 Å². The number of nitrogens with one attached hydrogen (secondary N) is 2. The van der Waals surface area contributed by atoms with Crippen LogP contribution in [0.4, 0.5) is 15.9 Å². The summed E-state index contributed by atoms with van der Waals surface area (Å²) in [5.74, 6) is -0.547. The second kappa shape index (κ2) is 8.33. The summed E-state index contributed by atoms with van der Waals surface area (Å²) in [6.07, 6.45) is 3.13. The molecule has 2 amide bonds. The van der Waals surface area contributed by atoms with Crippen LogP contribution in [0.15, 0.2) is 18.2 Å². The number of amides is 2. The van der Waals surface area contributed by atoms with Gasteiger partial charge in [0.25, 0.3) is 5.91 Å². The Morgan fingerprint density at radius 3 is 2.64 bits per heavy atom. The largest absolute Gasteiger partial charge is 0.364 e. The highest BCUT2D eigenvalue weighted by Gasteiger charge is 2.30. The van der Waals surface area contributed by atoms with Crippen LogP contribution in [0.2, 0.25) is 0 Å². The average molecular weight is 385 g/mol. The number of halogens is 1. The van der Waals surface area contributed by atoms with Crippen molar-refractivity contribution in [2.24, 2.45) is 5.73 Å². The number of hydrogen-bond acceptors (Lipinski definition) is 5.